The van der Waals surface area contributed by atoms with Crippen LogP contribution in [0, 0.1) is 0 Å². The van der Waals surface area contributed by atoms with Crippen LogP contribution in [0.5, 0.6) is 0 Å². The van der Waals surface area contributed by atoms with Gasteiger partial charge in [0.05, 0.1) is 12.2 Å². The highest BCUT2D eigenvalue weighted by Gasteiger charge is 2.27. The fraction of sp³-hybridized carbons (Fsp3) is 0.889. The molecule has 4 heteroatoms. The summed E-state index contributed by atoms with van der Waals surface area (Å²) in [7, 11) is 0. The molecule has 2 N–H and O–H groups in total. The van der Waals surface area contributed by atoms with Crippen molar-refractivity contribution in [2.75, 3.05) is 6.54 Å². The van der Waals surface area contributed by atoms with Crippen molar-refractivity contribution in [1.82, 2.24) is 5.32 Å². The Morgan fingerprint density at radius 2 is 2.31 bits per heavy atom. The minimum atomic E-state index is -0.369. The molecule has 4 nitrogen and oxygen atoms in total. The fourth-order valence-electron chi connectivity index (χ4n) is 1.39. The first-order valence-electron chi connectivity index (χ1n) is 4.71. The summed E-state index contributed by atoms with van der Waals surface area (Å²) in [5, 5.41) is 12.3. The molecule has 0 aromatic rings. The lowest BCUT2D eigenvalue weighted by molar-refractivity contribution is -0.151. The Balaban J connectivity index is 2.37. The third-order valence-corrected chi connectivity index (χ3v) is 2.01. The number of esters is 1. The average molecular weight is 187 g/mol. The van der Waals surface area contributed by atoms with E-state index < -0.39 is 0 Å². The molecule has 0 saturated carbocycles. The minimum Gasteiger partial charge on any atom is -0.462 e. The summed E-state index contributed by atoms with van der Waals surface area (Å²) in [4.78, 5) is 11.4. The molecule has 2 unspecified atom stereocenters. The van der Waals surface area contributed by atoms with Crippen LogP contribution in [0.15, 0.2) is 0 Å². The second-order valence-corrected chi connectivity index (χ2v) is 3.67. The number of piperidine rings is 1. The molecule has 0 aromatic heterocycles. The highest BCUT2D eigenvalue weighted by molar-refractivity contribution is 5.76. The van der Waals surface area contributed by atoms with Gasteiger partial charge in [0, 0.05) is 0 Å². The third-order valence-electron chi connectivity index (χ3n) is 2.01. The van der Waals surface area contributed by atoms with E-state index in [4.69, 9.17) is 4.74 Å². The molecule has 76 valence electrons. The van der Waals surface area contributed by atoms with E-state index >= 15 is 0 Å². The van der Waals surface area contributed by atoms with Crippen LogP contribution >= 0.6 is 0 Å². The van der Waals surface area contributed by atoms with E-state index in [1.54, 1.807) is 0 Å². The van der Waals surface area contributed by atoms with Crippen molar-refractivity contribution in [3.8, 4) is 0 Å². The quantitative estimate of drug-likeness (QED) is 0.600. The van der Waals surface area contributed by atoms with Crippen LogP contribution in [-0.4, -0.2) is 35.9 Å². The predicted molar refractivity (Wildman–Crippen MR) is 48.3 cm³/mol. The maximum atomic E-state index is 11.4. The summed E-state index contributed by atoms with van der Waals surface area (Å²) < 4.78 is 5.03. The normalized spacial score (nSPS) is 28.9. The number of hydrogen-bond acceptors (Lipinski definition) is 4. The van der Waals surface area contributed by atoms with Crippen LogP contribution in [0.1, 0.15) is 26.7 Å². The molecule has 13 heavy (non-hydrogen) atoms. The third kappa shape index (κ3) is 3.32. The molecule has 1 aliphatic heterocycles. The van der Waals surface area contributed by atoms with Crippen molar-refractivity contribution in [3.63, 3.8) is 0 Å². The summed E-state index contributed by atoms with van der Waals surface area (Å²) in [6, 6.07) is -0.328. The van der Waals surface area contributed by atoms with Crippen molar-refractivity contribution in [3.05, 3.63) is 0 Å². The number of aliphatic hydroxyl groups is 1. The fourth-order valence-corrected chi connectivity index (χ4v) is 1.39. The van der Waals surface area contributed by atoms with E-state index in [-0.39, 0.29) is 24.2 Å². The van der Waals surface area contributed by atoms with Crippen molar-refractivity contribution in [2.45, 2.75) is 44.9 Å². The largest absolute Gasteiger partial charge is 0.462 e. The van der Waals surface area contributed by atoms with Crippen molar-refractivity contribution >= 4 is 5.97 Å². The summed E-state index contributed by atoms with van der Waals surface area (Å²) >= 11 is 0. The Morgan fingerprint density at radius 1 is 1.62 bits per heavy atom. The number of carbonyl (C=O) groups excluding carboxylic acids is 1. The minimum absolute atomic E-state index is 0.0895. The smallest absolute Gasteiger partial charge is 0.323 e. The van der Waals surface area contributed by atoms with Gasteiger partial charge in [-0.15, -0.1) is 0 Å². The van der Waals surface area contributed by atoms with Gasteiger partial charge in [0.1, 0.15) is 6.04 Å². The number of nitrogens with one attached hydrogen (secondary N) is 1. The molecule has 0 spiro atoms. The molecule has 2 atom stereocenters. The van der Waals surface area contributed by atoms with E-state index in [0.29, 0.717) is 19.4 Å². The Kier molecular flexibility index (Phi) is 3.69. The van der Waals surface area contributed by atoms with Gasteiger partial charge in [0.25, 0.3) is 0 Å². The van der Waals surface area contributed by atoms with Crippen LogP contribution in [-0.2, 0) is 9.53 Å². The van der Waals surface area contributed by atoms with Crippen LogP contribution in [0.2, 0.25) is 0 Å². The van der Waals surface area contributed by atoms with Gasteiger partial charge in [-0.25, -0.2) is 0 Å². The van der Waals surface area contributed by atoms with Crippen molar-refractivity contribution < 1.29 is 14.6 Å². The predicted octanol–water partition coefficient (Wildman–Crippen LogP) is 0.0509. The molecule has 0 bridgehead atoms. The summed E-state index contributed by atoms with van der Waals surface area (Å²) in [5.74, 6) is -0.256. The Hall–Kier alpha value is -0.610. The molecule has 0 aromatic carbocycles. The number of hydrogen-bond donors (Lipinski definition) is 2. The van der Waals surface area contributed by atoms with Crippen LogP contribution in [0.25, 0.3) is 0 Å². The maximum Gasteiger partial charge on any atom is 0.323 e. The van der Waals surface area contributed by atoms with E-state index in [2.05, 4.69) is 5.32 Å². The van der Waals surface area contributed by atoms with Crippen LogP contribution in [0.3, 0.4) is 0 Å². The number of carbonyl (C=O) groups is 1. The second-order valence-electron chi connectivity index (χ2n) is 3.67. The van der Waals surface area contributed by atoms with Crippen LogP contribution < -0.4 is 5.32 Å². The molecule has 1 fully saturated rings. The van der Waals surface area contributed by atoms with Gasteiger partial charge in [-0.3, -0.25) is 4.79 Å². The lowest BCUT2D eigenvalue weighted by Gasteiger charge is -2.26. The van der Waals surface area contributed by atoms with Gasteiger partial charge < -0.3 is 15.2 Å². The first kappa shape index (κ1) is 10.5. The Morgan fingerprint density at radius 3 is 2.85 bits per heavy atom. The van der Waals surface area contributed by atoms with Gasteiger partial charge in [0.2, 0.25) is 0 Å². The average Bonchev–Trinajstić information content (AvgIpc) is 2.03. The monoisotopic (exact) mass is 187 g/mol. The van der Waals surface area contributed by atoms with Gasteiger partial charge in [-0.2, -0.15) is 0 Å². The maximum absolute atomic E-state index is 11.4. The Bertz CT molecular complexity index is 182. The number of aliphatic hydroxyl groups excluding tert-OH is 1. The lowest BCUT2D eigenvalue weighted by Crippen LogP contribution is -2.46. The first-order chi connectivity index (χ1) is 6.09. The summed E-state index contributed by atoms with van der Waals surface area (Å²) in [6.07, 6.45) is 0.719. The lowest BCUT2D eigenvalue weighted by atomic mass is 10.0. The number of rotatable bonds is 2. The zero-order valence-corrected chi connectivity index (χ0v) is 8.12. The molecule has 1 saturated heterocycles. The highest BCUT2D eigenvalue weighted by Crippen LogP contribution is 2.10. The van der Waals surface area contributed by atoms with E-state index in [0.717, 1.165) is 0 Å². The SMILES string of the molecule is CC(C)OC(=O)C1CC(O)CCN1. The van der Waals surface area contributed by atoms with E-state index in [9.17, 15) is 9.90 Å². The van der Waals surface area contributed by atoms with Gasteiger partial charge in [0.15, 0.2) is 0 Å². The molecule has 0 aliphatic carbocycles. The van der Waals surface area contributed by atoms with Gasteiger partial charge in [-0.1, -0.05) is 0 Å². The molecular formula is C9H17NO3. The molecule has 1 rings (SSSR count). The zero-order valence-electron chi connectivity index (χ0n) is 8.12. The Labute approximate surface area is 78.3 Å². The summed E-state index contributed by atoms with van der Waals surface area (Å²) in [6.45, 7) is 4.31. The van der Waals surface area contributed by atoms with E-state index in [1.165, 1.54) is 0 Å². The first-order valence-corrected chi connectivity index (χ1v) is 4.71. The van der Waals surface area contributed by atoms with E-state index in [1.807, 2.05) is 13.8 Å². The van der Waals surface area contributed by atoms with Gasteiger partial charge >= 0.3 is 5.97 Å². The molecule has 1 aliphatic rings. The molecule has 0 amide bonds. The summed E-state index contributed by atoms with van der Waals surface area (Å²) in [5.41, 5.74) is 0. The van der Waals surface area contributed by atoms with Crippen molar-refractivity contribution in [1.29, 1.82) is 0 Å². The number of ether oxygens (including phenoxy) is 1. The molecular weight excluding hydrogens is 170 g/mol. The zero-order chi connectivity index (χ0) is 9.84. The standard InChI is InChI=1S/C9H17NO3/c1-6(2)13-9(12)8-5-7(11)3-4-10-8/h6-8,10-11H,3-5H2,1-2H3. The topological polar surface area (TPSA) is 58.6 Å². The van der Waals surface area contributed by atoms with Crippen LogP contribution in [0.4, 0.5) is 0 Å². The van der Waals surface area contributed by atoms with Gasteiger partial charge in [-0.05, 0) is 33.2 Å². The molecule has 1 heterocycles. The van der Waals surface area contributed by atoms with Crippen molar-refractivity contribution in [2.24, 2.45) is 0 Å². The molecule has 0 radical (unpaired) electrons. The highest BCUT2D eigenvalue weighted by atomic mass is 16.5. The second kappa shape index (κ2) is 4.58.